The Labute approximate surface area is 191 Å². The zero-order chi connectivity index (χ0) is 24.1. The van der Waals surface area contributed by atoms with Crippen LogP contribution in [0.25, 0.3) is 0 Å². The molecule has 9 N–H and O–H groups in total. The number of amides is 3. The standard InChI is InChI=1S/C20H31N5O6S/c21-8-2-1-3-14(22)18(28)23-10-17(27)24-15(9-12-4-6-13(26)7-5-12)19(29)25-16(11-32)20(30)31/h4-7,14-16,26,32H,1-3,8-11,21-22H2,(H,23,28)(H,24,27)(H,25,29)(H,30,31). The Bertz CT molecular complexity index is 776. The zero-order valence-electron chi connectivity index (χ0n) is 17.6. The van der Waals surface area contributed by atoms with Gasteiger partial charge in [0.25, 0.3) is 0 Å². The Kier molecular flexibility index (Phi) is 12.1. The summed E-state index contributed by atoms with van der Waals surface area (Å²) in [6.07, 6.45) is 1.88. The molecule has 0 aliphatic carbocycles. The molecule has 0 saturated heterocycles. The van der Waals surface area contributed by atoms with Gasteiger partial charge >= 0.3 is 5.97 Å². The van der Waals surface area contributed by atoms with E-state index in [9.17, 15) is 24.3 Å². The summed E-state index contributed by atoms with van der Waals surface area (Å²) in [6.45, 7) is 0.0922. The van der Waals surface area contributed by atoms with E-state index in [0.29, 0.717) is 24.9 Å². The van der Waals surface area contributed by atoms with E-state index < -0.39 is 48.4 Å². The number of nitrogens with two attached hydrogens (primary N) is 2. The first-order valence-electron chi connectivity index (χ1n) is 10.1. The van der Waals surface area contributed by atoms with Gasteiger partial charge in [0, 0.05) is 12.2 Å². The normalized spacial score (nSPS) is 13.5. The minimum atomic E-state index is -1.26. The third kappa shape index (κ3) is 9.98. The van der Waals surface area contributed by atoms with Crippen molar-refractivity contribution in [3.05, 3.63) is 29.8 Å². The highest BCUT2D eigenvalue weighted by Crippen LogP contribution is 2.11. The molecule has 178 valence electrons. The number of hydrogen-bond donors (Lipinski definition) is 8. The molecule has 0 saturated carbocycles. The first-order valence-corrected chi connectivity index (χ1v) is 10.8. The van der Waals surface area contributed by atoms with Gasteiger partial charge in [-0.25, -0.2) is 4.79 Å². The summed E-state index contributed by atoms with van der Waals surface area (Å²) in [4.78, 5) is 48.2. The highest BCUT2D eigenvalue weighted by atomic mass is 32.1. The average Bonchev–Trinajstić information content (AvgIpc) is 2.76. The second-order valence-corrected chi connectivity index (χ2v) is 7.55. The molecule has 3 atom stereocenters. The van der Waals surface area contributed by atoms with E-state index in [-0.39, 0.29) is 17.9 Å². The predicted octanol–water partition coefficient (Wildman–Crippen LogP) is -1.51. The lowest BCUT2D eigenvalue weighted by Crippen LogP contribution is -2.54. The molecule has 0 bridgehead atoms. The number of phenols is 1. The third-order valence-electron chi connectivity index (χ3n) is 4.55. The second kappa shape index (κ2) is 14.3. The number of carbonyl (C=O) groups is 4. The Morgan fingerprint density at radius 2 is 1.66 bits per heavy atom. The molecular weight excluding hydrogens is 438 g/mol. The number of carboxylic acid groups (broad SMARTS) is 1. The van der Waals surface area contributed by atoms with Crippen molar-refractivity contribution in [2.24, 2.45) is 11.5 Å². The van der Waals surface area contributed by atoms with Gasteiger partial charge in [0.1, 0.15) is 17.8 Å². The average molecular weight is 470 g/mol. The molecule has 0 spiro atoms. The van der Waals surface area contributed by atoms with Gasteiger partial charge in [-0.15, -0.1) is 0 Å². The number of phenolic OH excluding ortho intramolecular Hbond substituents is 1. The highest BCUT2D eigenvalue weighted by molar-refractivity contribution is 7.80. The van der Waals surface area contributed by atoms with Crippen LogP contribution in [-0.2, 0) is 25.6 Å². The maximum atomic E-state index is 12.6. The second-order valence-electron chi connectivity index (χ2n) is 7.18. The number of aromatic hydroxyl groups is 1. The predicted molar refractivity (Wildman–Crippen MR) is 121 cm³/mol. The van der Waals surface area contributed by atoms with Crippen LogP contribution in [0.1, 0.15) is 24.8 Å². The van der Waals surface area contributed by atoms with Gasteiger partial charge in [0.2, 0.25) is 17.7 Å². The maximum Gasteiger partial charge on any atom is 0.327 e. The van der Waals surface area contributed by atoms with Crippen LogP contribution in [0.3, 0.4) is 0 Å². The summed E-state index contributed by atoms with van der Waals surface area (Å²) in [5.41, 5.74) is 11.8. The number of nitrogens with one attached hydrogen (secondary N) is 3. The van der Waals surface area contributed by atoms with E-state index in [2.05, 4.69) is 28.6 Å². The molecule has 0 aliphatic heterocycles. The Morgan fingerprint density at radius 1 is 1.00 bits per heavy atom. The van der Waals surface area contributed by atoms with Crippen LogP contribution in [0.4, 0.5) is 0 Å². The smallest absolute Gasteiger partial charge is 0.327 e. The van der Waals surface area contributed by atoms with E-state index in [1.165, 1.54) is 12.1 Å². The van der Waals surface area contributed by atoms with Crippen molar-refractivity contribution in [2.75, 3.05) is 18.8 Å². The number of hydrogen-bond acceptors (Lipinski definition) is 8. The summed E-state index contributed by atoms with van der Waals surface area (Å²) in [6, 6.07) is 2.84. The fourth-order valence-corrected chi connectivity index (χ4v) is 2.97. The van der Waals surface area contributed by atoms with Crippen LogP contribution in [0.2, 0.25) is 0 Å². The molecule has 12 heteroatoms. The van der Waals surface area contributed by atoms with Crippen LogP contribution in [-0.4, -0.2) is 70.9 Å². The van der Waals surface area contributed by atoms with Crippen molar-refractivity contribution in [3.63, 3.8) is 0 Å². The van der Waals surface area contributed by atoms with E-state index in [1.54, 1.807) is 12.1 Å². The van der Waals surface area contributed by atoms with Crippen molar-refractivity contribution >= 4 is 36.3 Å². The summed E-state index contributed by atoms with van der Waals surface area (Å²) in [5, 5.41) is 25.8. The van der Waals surface area contributed by atoms with Gasteiger partial charge in [-0.1, -0.05) is 18.6 Å². The number of unbranched alkanes of at least 4 members (excludes halogenated alkanes) is 1. The number of aliphatic carboxylic acids is 1. The molecule has 0 radical (unpaired) electrons. The lowest BCUT2D eigenvalue weighted by atomic mass is 10.0. The summed E-state index contributed by atoms with van der Waals surface area (Å²) < 4.78 is 0. The van der Waals surface area contributed by atoms with Gasteiger partial charge in [0.15, 0.2) is 0 Å². The van der Waals surface area contributed by atoms with Gasteiger partial charge in [-0.05, 0) is 37.1 Å². The van der Waals surface area contributed by atoms with E-state index >= 15 is 0 Å². The lowest BCUT2D eigenvalue weighted by molar-refractivity contribution is -0.141. The van der Waals surface area contributed by atoms with Gasteiger partial charge < -0.3 is 37.6 Å². The van der Waals surface area contributed by atoms with E-state index in [0.717, 1.165) is 6.42 Å². The van der Waals surface area contributed by atoms with Gasteiger partial charge in [0.05, 0.1) is 12.6 Å². The molecule has 11 nitrogen and oxygen atoms in total. The van der Waals surface area contributed by atoms with Crippen molar-refractivity contribution in [2.45, 2.75) is 43.8 Å². The van der Waals surface area contributed by atoms with Crippen LogP contribution >= 0.6 is 12.6 Å². The van der Waals surface area contributed by atoms with Crippen LogP contribution in [0.5, 0.6) is 5.75 Å². The first kappa shape index (κ1) is 27.2. The number of rotatable bonds is 14. The van der Waals surface area contributed by atoms with Crippen molar-refractivity contribution in [3.8, 4) is 5.75 Å². The minimum Gasteiger partial charge on any atom is -0.508 e. The number of thiol groups is 1. The van der Waals surface area contributed by atoms with Crippen LogP contribution < -0.4 is 27.4 Å². The van der Waals surface area contributed by atoms with E-state index in [1.807, 2.05) is 0 Å². The minimum absolute atomic E-state index is 0.0311. The Morgan fingerprint density at radius 3 is 2.22 bits per heavy atom. The van der Waals surface area contributed by atoms with Crippen LogP contribution in [0, 0.1) is 0 Å². The molecule has 0 fully saturated rings. The zero-order valence-corrected chi connectivity index (χ0v) is 18.5. The molecule has 1 rings (SSSR count). The van der Waals surface area contributed by atoms with E-state index in [4.69, 9.17) is 16.6 Å². The number of benzene rings is 1. The first-order chi connectivity index (χ1) is 15.2. The molecule has 3 unspecified atom stereocenters. The van der Waals surface area contributed by atoms with Gasteiger partial charge in [-0.2, -0.15) is 12.6 Å². The molecule has 1 aromatic rings. The third-order valence-corrected chi connectivity index (χ3v) is 4.92. The number of carboxylic acids is 1. The SMILES string of the molecule is NCCCCC(N)C(=O)NCC(=O)NC(Cc1ccc(O)cc1)C(=O)NC(CS)C(=O)O. The summed E-state index contributed by atoms with van der Waals surface area (Å²) in [7, 11) is 0. The maximum absolute atomic E-state index is 12.6. The van der Waals surface area contributed by atoms with Crippen molar-refractivity contribution < 1.29 is 29.4 Å². The lowest BCUT2D eigenvalue weighted by Gasteiger charge is -2.21. The topological polar surface area (TPSA) is 197 Å². The van der Waals surface area contributed by atoms with Gasteiger partial charge in [-0.3, -0.25) is 14.4 Å². The van der Waals surface area contributed by atoms with Crippen molar-refractivity contribution in [1.82, 2.24) is 16.0 Å². The summed E-state index contributed by atoms with van der Waals surface area (Å²) >= 11 is 3.91. The molecule has 1 aromatic carbocycles. The Balaban J connectivity index is 2.75. The van der Waals surface area contributed by atoms with Crippen LogP contribution in [0.15, 0.2) is 24.3 Å². The monoisotopic (exact) mass is 469 g/mol. The molecule has 0 aliphatic rings. The molecule has 32 heavy (non-hydrogen) atoms. The number of carbonyl (C=O) groups excluding carboxylic acids is 3. The molecular formula is C20H31N5O6S. The largest absolute Gasteiger partial charge is 0.508 e. The highest BCUT2D eigenvalue weighted by Gasteiger charge is 2.26. The Hall–Kier alpha value is -2.83. The fraction of sp³-hybridized carbons (Fsp3) is 0.500. The molecule has 0 aromatic heterocycles. The summed E-state index contributed by atoms with van der Waals surface area (Å²) in [5.74, 6) is -3.25. The van der Waals surface area contributed by atoms with Crippen molar-refractivity contribution in [1.29, 1.82) is 0 Å². The quantitative estimate of drug-likeness (QED) is 0.119. The fourth-order valence-electron chi connectivity index (χ4n) is 2.72. The molecule has 3 amide bonds. The molecule has 0 heterocycles.